The summed E-state index contributed by atoms with van der Waals surface area (Å²) in [6.45, 7) is 0. The van der Waals surface area contributed by atoms with Crippen LogP contribution in [0.2, 0.25) is 5.02 Å². The first-order valence-corrected chi connectivity index (χ1v) is 6.25. The summed E-state index contributed by atoms with van der Waals surface area (Å²) in [5.41, 5.74) is 0.432. The molecular formula is C10H9ClO3S. The van der Waals surface area contributed by atoms with Crippen molar-refractivity contribution in [3.05, 3.63) is 28.8 Å². The second-order valence-corrected chi connectivity index (χ2v) is 5.00. The second-order valence-electron chi connectivity index (χ2n) is 2.85. The first-order chi connectivity index (χ1) is 6.92. The predicted octanol–water partition coefficient (Wildman–Crippen LogP) is 1.70. The maximum Gasteiger partial charge on any atom is 0.214 e. The molecule has 0 aliphatic carbocycles. The van der Waals surface area contributed by atoms with E-state index in [1.54, 1.807) is 18.2 Å². The van der Waals surface area contributed by atoms with E-state index >= 15 is 0 Å². The molecule has 0 fully saturated rings. The molecule has 1 rings (SSSR count). The lowest BCUT2D eigenvalue weighted by atomic mass is 10.2. The van der Waals surface area contributed by atoms with Crippen molar-refractivity contribution in [3.8, 4) is 16.9 Å². The van der Waals surface area contributed by atoms with E-state index in [0.717, 1.165) is 6.26 Å². The van der Waals surface area contributed by atoms with E-state index in [0.29, 0.717) is 16.3 Å². The fourth-order valence-electron chi connectivity index (χ4n) is 0.875. The summed E-state index contributed by atoms with van der Waals surface area (Å²) < 4.78 is 26.6. The summed E-state index contributed by atoms with van der Waals surface area (Å²) in [5, 5.41) is 2.51. The molecule has 80 valence electrons. The molecule has 5 heteroatoms. The largest absolute Gasteiger partial charge is 0.497 e. The Labute approximate surface area is 93.9 Å². The Morgan fingerprint density at radius 1 is 1.40 bits per heavy atom. The Kier molecular flexibility index (Phi) is 3.61. The summed E-state index contributed by atoms with van der Waals surface area (Å²) >= 11 is 5.83. The molecule has 0 bridgehead atoms. The van der Waals surface area contributed by atoms with Gasteiger partial charge in [-0.15, -0.1) is 0 Å². The van der Waals surface area contributed by atoms with Crippen LogP contribution in [0.25, 0.3) is 0 Å². The first kappa shape index (κ1) is 11.9. The van der Waals surface area contributed by atoms with E-state index in [-0.39, 0.29) is 0 Å². The highest BCUT2D eigenvalue weighted by Gasteiger charge is 2.00. The Morgan fingerprint density at radius 2 is 2.07 bits per heavy atom. The fourth-order valence-corrected chi connectivity index (χ4v) is 1.33. The van der Waals surface area contributed by atoms with Gasteiger partial charge in [0.05, 0.1) is 18.4 Å². The van der Waals surface area contributed by atoms with Crippen molar-refractivity contribution in [2.24, 2.45) is 0 Å². The molecule has 0 saturated heterocycles. The average Bonchev–Trinajstić information content (AvgIpc) is 2.15. The van der Waals surface area contributed by atoms with Gasteiger partial charge in [-0.05, 0) is 24.1 Å². The van der Waals surface area contributed by atoms with Crippen LogP contribution < -0.4 is 4.74 Å². The average molecular weight is 245 g/mol. The summed E-state index contributed by atoms with van der Waals surface area (Å²) in [6.07, 6.45) is 1.04. The van der Waals surface area contributed by atoms with E-state index < -0.39 is 9.84 Å². The minimum atomic E-state index is -3.32. The zero-order chi connectivity index (χ0) is 11.5. The van der Waals surface area contributed by atoms with Crippen molar-refractivity contribution < 1.29 is 13.2 Å². The summed E-state index contributed by atoms with van der Waals surface area (Å²) in [4.78, 5) is 0. The third kappa shape index (κ3) is 3.82. The number of hydrogen-bond acceptors (Lipinski definition) is 3. The van der Waals surface area contributed by atoms with Crippen LogP contribution in [-0.2, 0) is 9.84 Å². The third-order valence-corrected chi connectivity index (χ3v) is 2.35. The number of benzene rings is 1. The number of ether oxygens (including phenoxy) is 1. The van der Waals surface area contributed by atoms with Gasteiger partial charge in [0, 0.05) is 10.8 Å². The Balaban J connectivity index is 3.18. The SMILES string of the molecule is COc1ccc(Cl)c(C#CS(C)(=O)=O)c1. The molecule has 1 aromatic rings. The van der Waals surface area contributed by atoms with Crippen LogP contribution in [-0.4, -0.2) is 21.8 Å². The van der Waals surface area contributed by atoms with E-state index in [1.165, 1.54) is 7.11 Å². The zero-order valence-corrected chi connectivity index (χ0v) is 9.82. The van der Waals surface area contributed by atoms with E-state index in [9.17, 15) is 8.42 Å². The van der Waals surface area contributed by atoms with Crippen molar-refractivity contribution in [3.63, 3.8) is 0 Å². The van der Waals surface area contributed by atoms with Gasteiger partial charge in [0.1, 0.15) is 5.75 Å². The Hall–Kier alpha value is -1.18. The molecule has 0 unspecified atom stereocenters. The minimum absolute atomic E-state index is 0.395. The van der Waals surface area contributed by atoms with E-state index in [1.807, 2.05) is 0 Å². The van der Waals surface area contributed by atoms with Gasteiger partial charge in [-0.1, -0.05) is 11.6 Å². The Bertz CT molecular complexity index is 523. The van der Waals surface area contributed by atoms with Gasteiger partial charge < -0.3 is 4.74 Å². The van der Waals surface area contributed by atoms with Gasteiger partial charge in [0.2, 0.25) is 9.84 Å². The van der Waals surface area contributed by atoms with Crippen LogP contribution in [0.3, 0.4) is 0 Å². The number of rotatable bonds is 1. The molecule has 0 atom stereocenters. The highest BCUT2D eigenvalue weighted by atomic mass is 35.5. The van der Waals surface area contributed by atoms with Crippen LogP contribution in [0.15, 0.2) is 18.2 Å². The molecule has 0 N–H and O–H groups in total. The number of hydrogen-bond donors (Lipinski definition) is 0. The summed E-state index contributed by atoms with van der Waals surface area (Å²) in [5.74, 6) is 3.06. The smallest absolute Gasteiger partial charge is 0.214 e. The Morgan fingerprint density at radius 3 is 2.60 bits per heavy atom. The lowest BCUT2D eigenvalue weighted by Gasteiger charge is -2.00. The number of methoxy groups -OCH3 is 1. The van der Waals surface area contributed by atoms with Gasteiger partial charge in [-0.3, -0.25) is 0 Å². The quantitative estimate of drug-likeness (QED) is 0.707. The van der Waals surface area contributed by atoms with Gasteiger partial charge in [-0.2, -0.15) is 0 Å². The molecule has 0 radical (unpaired) electrons. The highest BCUT2D eigenvalue weighted by Crippen LogP contribution is 2.20. The number of sulfone groups is 1. The van der Waals surface area contributed by atoms with Crippen molar-refractivity contribution in [1.82, 2.24) is 0 Å². The topological polar surface area (TPSA) is 43.4 Å². The normalized spacial score (nSPS) is 10.3. The number of halogens is 1. The van der Waals surface area contributed by atoms with Gasteiger partial charge in [-0.25, -0.2) is 8.42 Å². The van der Waals surface area contributed by atoms with Crippen LogP contribution in [0, 0.1) is 11.2 Å². The van der Waals surface area contributed by atoms with Crippen LogP contribution >= 0.6 is 11.6 Å². The maximum absolute atomic E-state index is 10.8. The van der Waals surface area contributed by atoms with Crippen LogP contribution in [0.1, 0.15) is 5.56 Å². The monoisotopic (exact) mass is 244 g/mol. The minimum Gasteiger partial charge on any atom is -0.497 e. The van der Waals surface area contributed by atoms with Gasteiger partial charge >= 0.3 is 0 Å². The molecule has 0 heterocycles. The molecule has 0 aliphatic rings. The fraction of sp³-hybridized carbons (Fsp3) is 0.200. The maximum atomic E-state index is 10.8. The third-order valence-electron chi connectivity index (χ3n) is 1.54. The highest BCUT2D eigenvalue weighted by molar-refractivity contribution is 7.95. The molecule has 0 spiro atoms. The van der Waals surface area contributed by atoms with Crippen molar-refractivity contribution in [2.45, 2.75) is 0 Å². The molecule has 0 aliphatic heterocycles. The summed E-state index contributed by atoms with van der Waals surface area (Å²) in [7, 11) is -1.81. The van der Waals surface area contributed by atoms with Gasteiger partial charge in [0.15, 0.2) is 0 Å². The molecule has 3 nitrogen and oxygen atoms in total. The zero-order valence-electron chi connectivity index (χ0n) is 8.24. The van der Waals surface area contributed by atoms with Gasteiger partial charge in [0.25, 0.3) is 0 Å². The molecule has 0 amide bonds. The van der Waals surface area contributed by atoms with E-state index in [4.69, 9.17) is 16.3 Å². The predicted molar refractivity (Wildman–Crippen MR) is 59.7 cm³/mol. The molecule has 15 heavy (non-hydrogen) atoms. The molecule has 0 saturated carbocycles. The van der Waals surface area contributed by atoms with Crippen molar-refractivity contribution >= 4 is 21.4 Å². The van der Waals surface area contributed by atoms with E-state index in [2.05, 4.69) is 11.2 Å². The molecule has 0 aromatic heterocycles. The summed E-state index contributed by atoms with van der Waals surface area (Å²) in [6, 6.07) is 4.86. The van der Waals surface area contributed by atoms with Crippen molar-refractivity contribution in [2.75, 3.05) is 13.4 Å². The lowest BCUT2D eigenvalue weighted by molar-refractivity contribution is 0.414. The standard InChI is InChI=1S/C10H9ClO3S/c1-14-9-3-4-10(11)8(7-9)5-6-15(2,12)13/h3-4,7H,1-2H3. The lowest BCUT2D eigenvalue weighted by Crippen LogP contribution is -1.90. The second kappa shape index (κ2) is 4.56. The van der Waals surface area contributed by atoms with Crippen LogP contribution in [0.4, 0.5) is 0 Å². The van der Waals surface area contributed by atoms with Crippen molar-refractivity contribution in [1.29, 1.82) is 0 Å². The molecule has 1 aromatic carbocycles. The first-order valence-electron chi connectivity index (χ1n) is 3.99. The molecular weight excluding hydrogens is 236 g/mol. The van der Waals surface area contributed by atoms with Crippen LogP contribution in [0.5, 0.6) is 5.75 Å².